The molecule has 0 unspecified atom stereocenters. The standard InChI is InChI=1S/C10H20N2/c1-8(2)11-9-6-12(3)7-10(9)4-5-10/h8-9,11H,4-7H2,1-3H3/t9-/m1/s1. The number of likely N-dealkylation sites (tertiary alicyclic amines) is 1. The highest BCUT2D eigenvalue weighted by molar-refractivity contribution is 5.09. The lowest BCUT2D eigenvalue weighted by atomic mass is 10.0. The summed E-state index contributed by atoms with van der Waals surface area (Å²) in [7, 11) is 2.24. The van der Waals surface area contributed by atoms with Gasteiger partial charge < -0.3 is 10.2 Å². The Morgan fingerprint density at radius 1 is 1.42 bits per heavy atom. The monoisotopic (exact) mass is 168 g/mol. The van der Waals surface area contributed by atoms with E-state index in [1.165, 1.54) is 25.9 Å². The van der Waals surface area contributed by atoms with Gasteiger partial charge in [0.25, 0.3) is 0 Å². The number of hydrogen-bond donors (Lipinski definition) is 1. The number of likely N-dealkylation sites (N-methyl/N-ethyl adjacent to an activating group) is 1. The van der Waals surface area contributed by atoms with E-state index in [1.54, 1.807) is 0 Å². The Kier molecular flexibility index (Phi) is 1.92. The van der Waals surface area contributed by atoms with Gasteiger partial charge in [0.1, 0.15) is 0 Å². The van der Waals surface area contributed by atoms with Crippen molar-refractivity contribution in [3.8, 4) is 0 Å². The number of hydrogen-bond acceptors (Lipinski definition) is 2. The van der Waals surface area contributed by atoms with Gasteiger partial charge in [-0.15, -0.1) is 0 Å². The van der Waals surface area contributed by atoms with Crippen LogP contribution in [-0.2, 0) is 0 Å². The van der Waals surface area contributed by atoms with Crippen LogP contribution in [0.25, 0.3) is 0 Å². The molecule has 70 valence electrons. The van der Waals surface area contributed by atoms with Gasteiger partial charge in [0, 0.05) is 25.2 Å². The quantitative estimate of drug-likeness (QED) is 0.663. The number of rotatable bonds is 2. The van der Waals surface area contributed by atoms with Crippen LogP contribution >= 0.6 is 0 Å². The third kappa shape index (κ3) is 1.38. The molecular weight excluding hydrogens is 148 g/mol. The van der Waals surface area contributed by atoms with Gasteiger partial charge in [0.15, 0.2) is 0 Å². The maximum Gasteiger partial charge on any atom is 0.0265 e. The molecule has 0 bridgehead atoms. The number of nitrogens with one attached hydrogen (secondary N) is 1. The smallest absolute Gasteiger partial charge is 0.0265 e. The average Bonchev–Trinajstić information content (AvgIpc) is 2.60. The topological polar surface area (TPSA) is 15.3 Å². The minimum Gasteiger partial charge on any atom is -0.310 e. The highest BCUT2D eigenvalue weighted by Gasteiger charge is 2.53. The van der Waals surface area contributed by atoms with Crippen LogP contribution in [0.2, 0.25) is 0 Å². The summed E-state index contributed by atoms with van der Waals surface area (Å²) in [5.74, 6) is 0. The second kappa shape index (κ2) is 2.71. The Labute approximate surface area is 75.3 Å². The summed E-state index contributed by atoms with van der Waals surface area (Å²) >= 11 is 0. The van der Waals surface area contributed by atoms with Crippen molar-refractivity contribution in [1.29, 1.82) is 0 Å². The molecule has 2 nitrogen and oxygen atoms in total. The van der Waals surface area contributed by atoms with Crippen molar-refractivity contribution in [3.05, 3.63) is 0 Å². The van der Waals surface area contributed by atoms with E-state index in [4.69, 9.17) is 0 Å². The molecule has 1 aliphatic heterocycles. The largest absolute Gasteiger partial charge is 0.310 e. The zero-order valence-corrected chi connectivity index (χ0v) is 8.43. The Morgan fingerprint density at radius 3 is 2.58 bits per heavy atom. The number of nitrogens with zero attached hydrogens (tertiary/aromatic N) is 1. The van der Waals surface area contributed by atoms with Gasteiger partial charge in [-0.3, -0.25) is 0 Å². The summed E-state index contributed by atoms with van der Waals surface area (Å²) < 4.78 is 0. The molecule has 2 aliphatic rings. The lowest BCUT2D eigenvalue weighted by molar-refractivity contribution is 0.380. The second-order valence-electron chi connectivity index (χ2n) is 4.93. The van der Waals surface area contributed by atoms with Crippen LogP contribution in [0.4, 0.5) is 0 Å². The summed E-state index contributed by atoms with van der Waals surface area (Å²) in [4.78, 5) is 2.47. The first kappa shape index (κ1) is 8.52. The van der Waals surface area contributed by atoms with Gasteiger partial charge in [-0.25, -0.2) is 0 Å². The van der Waals surface area contributed by atoms with Crippen LogP contribution in [0.5, 0.6) is 0 Å². The van der Waals surface area contributed by atoms with Crippen LogP contribution in [-0.4, -0.2) is 37.1 Å². The van der Waals surface area contributed by atoms with Gasteiger partial charge in [-0.05, 0) is 25.3 Å². The fourth-order valence-electron chi connectivity index (χ4n) is 2.52. The predicted octanol–water partition coefficient (Wildman–Crippen LogP) is 1.08. The van der Waals surface area contributed by atoms with Crippen molar-refractivity contribution in [2.24, 2.45) is 5.41 Å². The van der Waals surface area contributed by atoms with Crippen molar-refractivity contribution in [2.45, 2.75) is 38.8 Å². The average molecular weight is 168 g/mol. The van der Waals surface area contributed by atoms with Crippen LogP contribution in [0.15, 0.2) is 0 Å². The zero-order valence-electron chi connectivity index (χ0n) is 8.43. The van der Waals surface area contributed by atoms with Gasteiger partial charge >= 0.3 is 0 Å². The van der Waals surface area contributed by atoms with Crippen molar-refractivity contribution in [1.82, 2.24) is 10.2 Å². The van der Waals surface area contributed by atoms with E-state index in [0.717, 1.165) is 6.04 Å². The van der Waals surface area contributed by atoms with Gasteiger partial charge in [0.05, 0.1) is 0 Å². The molecule has 2 rings (SSSR count). The molecule has 12 heavy (non-hydrogen) atoms. The molecule has 1 heterocycles. The van der Waals surface area contributed by atoms with Crippen molar-refractivity contribution in [3.63, 3.8) is 0 Å². The molecule has 2 heteroatoms. The molecule has 0 aromatic carbocycles. The predicted molar refractivity (Wildman–Crippen MR) is 51.2 cm³/mol. The van der Waals surface area contributed by atoms with Gasteiger partial charge in [-0.1, -0.05) is 13.8 Å². The third-order valence-corrected chi connectivity index (χ3v) is 3.25. The molecule has 1 saturated heterocycles. The Hall–Kier alpha value is -0.0800. The van der Waals surface area contributed by atoms with Crippen molar-refractivity contribution >= 4 is 0 Å². The normalized spacial score (nSPS) is 33.5. The van der Waals surface area contributed by atoms with E-state index in [1.807, 2.05) is 0 Å². The first-order valence-corrected chi connectivity index (χ1v) is 5.07. The third-order valence-electron chi connectivity index (χ3n) is 3.25. The first-order chi connectivity index (χ1) is 5.62. The first-order valence-electron chi connectivity index (χ1n) is 5.07. The Morgan fingerprint density at radius 2 is 2.08 bits per heavy atom. The van der Waals surface area contributed by atoms with Crippen molar-refractivity contribution in [2.75, 3.05) is 20.1 Å². The summed E-state index contributed by atoms with van der Waals surface area (Å²) in [6, 6.07) is 1.40. The minimum atomic E-state index is 0.638. The molecule has 0 aromatic rings. The van der Waals surface area contributed by atoms with E-state index in [9.17, 15) is 0 Å². The van der Waals surface area contributed by atoms with E-state index in [0.29, 0.717) is 11.5 Å². The SMILES string of the molecule is CC(C)N[C@@H]1CN(C)CC12CC2. The lowest BCUT2D eigenvalue weighted by Gasteiger charge is -2.21. The summed E-state index contributed by atoms with van der Waals surface area (Å²) in [5, 5.41) is 3.68. The molecule has 0 amide bonds. The van der Waals surface area contributed by atoms with Crippen LogP contribution in [0.3, 0.4) is 0 Å². The molecule has 1 atom stereocenters. The summed E-state index contributed by atoms with van der Waals surface area (Å²) in [5.41, 5.74) is 0.680. The molecule has 1 N–H and O–H groups in total. The second-order valence-corrected chi connectivity index (χ2v) is 4.93. The Bertz CT molecular complexity index is 173. The molecule has 0 radical (unpaired) electrons. The maximum atomic E-state index is 3.68. The zero-order chi connectivity index (χ0) is 8.77. The highest BCUT2D eigenvalue weighted by atomic mass is 15.2. The maximum absolute atomic E-state index is 3.68. The van der Waals surface area contributed by atoms with Crippen molar-refractivity contribution < 1.29 is 0 Å². The minimum absolute atomic E-state index is 0.638. The fraction of sp³-hybridized carbons (Fsp3) is 1.00. The van der Waals surface area contributed by atoms with E-state index >= 15 is 0 Å². The van der Waals surface area contributed by atoms with E-state index < -0.39 is 0 Å². The van der Waals surface area contributed by atoms with Crippen LogP contribution < -0.4 is 5.32 Å². The fourth-order valence-corrected chi connectivity index (χ4v) is 2.52. The molecule has 2 fully saturated rings. The molecule has 1 aliphatic carbocycles. The molecule has 0 aromatic heterocycles. The van der Waals surface area contributed by atoms with Gasteiger partial charge in [-0.2, -0.15) is 0 Å². The summed E-state index contributed by atoms with van der Waals surface area (Å²) in [6.45, 7) is 7.05. The van der Waals surface area contributed by atoms with Crippen LogP contribution in [0.1, 0.15) is 26.7 Å². The highest BCUT2D eigenvalue weighted by Crippen LogP contribution is 2.52. The molecule has 1 spiro atoms. The van der Waals surface area contributed by atoms with Crippen LogP contribution in [0, 0.1) is 5.41 Å². The Balaban J connectivity index is 1.96. The summed E-state index contributed by atoms with van der Waals surface area (Å²) in [6.07, 6.45) is 2.89. The molecule has 1 saturated carbocycles. The molecular formula is C10H20N2. The van der Waals surface area contributed by atoms with E-state index in [2.05, 4.69) is 31.1 Å². The van der Waals surface area contributed by atoms with Gasteiger partial charge in [0.2, 0.25) is 0 Å². The lowest BCUT2D eigenvalue weighted by Crippen LogP contribution is -2.41. The van der Waals surface area contributed by atoms with E-state index in [-0.39, 0.29) is 0 Å².